The van der Waals surface area contributed by atoms with E-state index >= 15 is 0 Å². The maximum absolute atomic E-state index is 5.45. The molecule has 84 valence electrons. The summed E-state index contributed by atoms with van der Waals surface area (Å²) in [5, 5.41) is 3.51. The van der Waals surface area contributed by atoms with Crippen molar-refractivity contribution < 1.29 is 4.42 Å². The van der Waals surface area contributed by atoms with Crippen molar-refractivity contribution in [2.45, 2.75) is 32.2 Å². The van der Waals surface area contributed by atoms with Gasteiger partial charge in [-0.2, -0.15) is 0 Å². The van der Waals surface area contributed by atoms with Crippen LogP contribution in [-0.4, -0.2) is 17.6 Å². The first-order valence-electron chi connectivity index (χ1n) is 5.91. The lowest BCUT2D eigenvalue weighted by molar-refractivity contribution is 0.561. The fraction of sp³-hybridized carbons (Fsp3) is 0.462. The lowest BCUT2D eigenvalue weighted by Gasteiger charge is -2.02. The van der Waals surface area contributed by atoms with Crippen molar-refractivity contribution in [2.75, 3.05) is 6.54 Å². The maximum atomic E-state index is 5.45. The molecule has 1 saturated carbocycles. The van der Waals surface area contributed by atoms with Crippen molar-refractivity contribution in [2.24, 2.45) is 0 Å². The molecule has 0 aliphatic heterocycles. The zero-order valence-corrected chi connectivity index (χ0v) is 9.49. The summed E-state index contributed by atoms with van der Waals surface area (Å²) in [5.74, 6) is 0.739. The third-order valence-electron chi connectivity index (χ3n) is 2.98. The Morgan fingerprint density at radius 2 is 2.31 bits per heavy atom. The Hall–Kier alpha value is -1.35. The molecule has 0 radical (unpaired) electrons. The zero-order chi connectivity index (χ0) is 11.0. The van der Waals surface area contributed by atoms with Crippen LogP contribution in [0.3, 0.4) is 0 Å². The highest BCUT2D eigenvalue weighted by Crippen LogP contribution is 2.19. The van der Waals surface area contributed by atoms with E-state index in [-0.39, 0.29) is 0 Å². The minimum absolute atomic E-state index is 0.739. The second-order valence-corrected chi connectivity index (χ2v) is 4.51. The number of hydrogen-bond acceptors (Lipinski definition) is 3. The zero-order valence-electron chi connectivity index (χ0n) is 9.49. The van der Waals surface area contributed by atoms with Crippen molar-refractivity contribution in [1.29, 1.82) is 0 Å². The molecular formula is C13H16N2O. The minimum atomic E-state index is 0.739. The quantitative estimate of drug-likeness (QED) is 0.853. The highest BCUT2D eigenvalue weighted by atomic mass is 16.3. The van der Waals surface area contributed by atoms with E-state index in [0.29, 0.717) is 0 Å². The Kier molecular flexibility index (Phi) is 2.40. The van der Waals surface area contributed by atoms with Gasteiger partial charge >= 0.3 is 0 Å². The van der Waals surface area contributed by atoms with E-state index in [1.807, 2.05) is 13.0 Å². The monoisotopic (exact) mass is 216 g/mol. The van der Waals surface area contributed by atoms with Crippen molar-refractivity contribution in [3.8, 4) is 0 Å². The van der Waals surface area contributed by atoms with E-state index < -0.39 is 0 Å². The van der Waals surface area contributed by atoms with Gasteiger partial charge in [-0.05, 0) is 43.5 Å². The molecule has 2 aromatic rings. The Bertz CT molecular complexity index is 500. The molecular weight excluding hydrogens is 200 g/mol. The molecule has 16 heavy (non-hydrogen) atoms. The fourth-order valence-corrected chi connectivity index (χ4v) is 1.95. The van der Waals surface area contributed by atoms with Gasteiger partial charge in [0, 0.05) is 13.0 Å². The highest BCUT2D eigenvalue weighted by molar-refractivity contribution is 5.73. The Morgan fingerprint density at radius 3 is 3.12 bits per heavy atom. The number of rotatable bonds is 4. The summed E-state index contributed by atoms with van der Waals surface area (Å²) in [5.41, 5.74) is 3.19. The van der Waals surface area contributed by atoms with Gasteiger partial charge in [-0.1, -0.05) is 6.07 Å². The number of fused-ring (bicyclic) bond motifs is 1. The average molecular weight is 216 g/mol. The summed E-state index contributed by atoms with van der Waals surface area (Å²) in [6.07, 6.45) is 3.77. The van der Waals surface area contributed by atoms with Gasteiger partial charge in [0.1, 0.15) is 5.52 Å². The molecule has 0 atom stereocenters. The third-order valence-corrected chi connectivity index (χ3v) is 2.98. The van der Waals surface area contributed by atoms with Crippen LogP contribution in [0.15, 0.2) is 22.6 Å². The predicted octanol–water partition coefficient (Wildman–Crippen LogP) is 2.43. The topological polar surface area (TPSA) is 38.1 Å². The summed E-state index contributed by atoms with van der Waals surface area (Å²) in [6.45, 7) is 2.95. The molecule has 1 fully saturated rings. The summed E-state index contributed by atoms with van der Waals surface area (Å²) >= 11 is 0. The first kappa shape index (κ1) is 9.85. The molecule has 3 rings (SSSR count). The van der Waals surface area contributed by atoms with Gasteiger partial charge in [-0.25, -0.2) is 4.98 Å². The van der Waals surface area contributed by atoms with E-state index in [0.717, 1.165) is 36.0 Å². The average Bonchev–Trinajstić information content (AvgIpc) is 2.99. The van der Waals surface area contributed by atoms with Gasteiger partial charge in [-0.3, -0.25) is 0 Å². The second kappa shape index (κ2) is 3.91. The Morgan fingerprint density at radius 1 is 1.44 bits per heavy atom. The third kappa shape index (κ3) is 2.09. The van der Waals surface area contributed by atoms with Crippen LogP contribution in [0.2, 0.25) is 0 Å². The number of nitrogens with zero attached hydrogens (tertiary/aromatic N) is 1. The van der Waals surface area contributed by atoms with Crippen molar-refractivity contribution >= 4 is 11.1 Å². The lowest BCUT2D eigenvalue weighted by Crippen LogP contribution is -2.19. The summed E-state index contributed by atoms with van der Waals surface area (Å²) in [6, 6.07) is 7.06. The maximum Gasteiger partial charge on any atom is 0.192 e. The van der Waals surface area contributed by atoms with E-state index in [1.165, 1.54) is 18.4 Å². The highest BCUT2D eigenvalue weighted by Gasteiger charge is 2.19. The van der Waals surface area contributed by atoms with Gasteiger partial charge in [0.05, 0.1) is 0 Å². The van der Waals surface area contributed by atoms with Gasteiger partial charge in [0.2, 0.25) is 0 Å². The van der Waals surface area contributed by atoms with Crippen LogP contribution in [0, 0.1) is 6.92 Å². The van der Waals surface area contributed by atoms with Gasteiger partial charge < -0.3 is 9.73 Å². The molecule has 0 saturated heterocycles. The Balaban J connectivity index is 1.70. The molecule has 1 aliphatic carbocycles. The number of aromatic nitrogens is 1. The molecule has 0 amide bonds. The van der Waals surface area contributed by atoms with E-state index in [9.17, 15) is 0 Å². The molecule has 3 heteroatoms. The van der Waals surface area contributed by atoms with Crippen LogP contribution >= 0.6 is 0 Å². The van der Waals surface area contributed by atoms with E-state index in [2.05, 4.69) is 22.4 Å². The van der Waals surface area contributed by atoms with Gasteiger partial charge in [-0.15, -0.1) is 0 Å². The lowest BCUT2D eigenvalue weighted by atomic mass is 10.1. The van der Waals surface area contributed by atoms with Crippen molar-refractivity contribution in [3.63, 3.8) is 0 Å². The molecule has 3 nitrogen and oxygen atoms in total. The van der Waals surface area contributed by atoms with Crippen LogP contribution in [0.4, 0.5) is 0 Å². The summed E-state index contributed by atoms with van der Waals surface area (Å²) in [4.78, 5) is 4.34. The summed E-state index contributed by atoms with van der Waals surface area (Å²) in [7, 11) is 0. The van der Waals surface area contributed by atoms with Gasteiger partial charge in [0.25, 0.3) is 0 Å². The second-order valence-electron chi connectivity index (χ2n) is 4.51. The number of oxazole rings is 1. The van der Waals surface area contributed by atoms with Crippen LogP contribution in [-0.2, 0) is 6.42 Å². The van der Waals surface area contributed by atoms with Gasteiger partial charge in [0.15, 0.2) is 11.5 Å². The van der Waals surface area contributed by atoms with Crippen LogP contribution in [0.25, 0.3) is 11.1 Å². The smallest absolute Gasteiger partial charge is 0.192 e. The first-order valence-corrected chi connectivity index (χ1v) is 5.91. The molecule has 1 N–H and O–H groups in total. The largest absolute Gasteiger partial charge is 0.441 e. The fourth-order valence-electron chi connectivity index (χ4n) is 1.95. The molecule has 0 unspecified atom stereocenters. The number of hydrogen-bond donors (Lipinski definition) is 1. The van der Waals surface area contributed by atoms with Crippen LogP contribution in [0.5, 0.6) is 0 Å². The normalized spacial score (nSPS) is 15.8. The molecule has 0 bridgehead atoms. The molecule has 1 heterocycles. The summed E-state index contributed by atoms with van der Waals surface area (Å²) < 4.78 is 5.45. The number of benzene rings is 1. The predicted molar refractivity (Wildman–Crippen MR) is 63.5 cm³/mol. The standard InChI is InChI=1S/C13H16N2O/c1-9-15-12-8-10(2-5-13(12)16-9)6-7-14-11-3-4-11/h2,5,8,11,14H,3-4,6-7H2,1H3. The molecule has 1 aromatic carbocycles. The number of aryl methyl sites for hydroxylation is 1. The molecule has 1 aromatic heterocycles. The number of nitrogens with one attached hydrogen (secondary N) is 1. The minimum Gasteiger partial charge on any atom is -0.441 e. The van der Waals surface area contributed by atoms with Crippen molar-refractivity contribution in [3.05, 3.63) is 29.7 Å². The SMILES string of the molecule is Cc1nc2cc(CCNC3CC3)ccc2o1. The van der Waals surface area contributed by atoms with Crippen molar-refractivity contribution in [1.82, 2.24) is 10.3 Å². The van der Waals surface area contributed by atoms with Crippen LogP contribution in [0.1, 0.15) is 24.3 Å². The Labute approximate surface area is 94.9 Å². The van der Waals surface area contributed by atoms with E-state index in [4.69, 9.17) is 4.42 Å². The van der Waals surface area contributed by atoms with Crippen LogP contribution < -0.4 is 5.32 Å². The van der Waals surface area contributed by atoms with E-state index in [1.54, 1.807) is 0 Å². The molecule has 1 aliphatic rings. The molecule has 0 spiro atoms. The first-order chi connectivity index (χ1) is 7.81.